The molecule has 142 valence electrons. The maximum Gasteiger partial charge on any atom is 0.269 e. The number of nitrogens with zero attached hydrogens (tertiary/aromatic N) is 3. The molecule has 0 saturated heterocycles. The molecule has 0 radical (unpaired) electrons. The van der Waals surface area contributed by atoms with Crippen molar-refractivity contribution in [3.63, 3.8) is 0 Å². The van der Waals surface area contributed by atoms with Gasteiger partial charge in [0, 0.05) is 22.7 Å². The van der Waals surface area contributed by atoms with E-state index in [4.69, 9.17) is 23.2 Å². The van der Waals surface area contributed by atoms with Gasteiger partial charge in [0.25, 0.3) is 5.69 Å². The summed E-state index contributed by atoms with van der Waals surface area (Å²) in [4.78, 5) is 22.3. The lowest BCUT2D eigenvalue weighted by atomic mass is 10.1. The number of amides is 1. The van der Waals surface area contributed by atoms with Gasteiger partial charge in [0.05, 0.1) is 27.1 Å². The molecule has 0 bridgehead atoms. The third kappa shape index (κ3) is 5.19. The number of nitro benzene ring substituents is 1. The first-order valence-corrected chi connectivity index (χ1v) is 9.63. The normalized spacial score (nSPS) is 10.5. The van der Waals surface area contributed by atoms with Gasteiger partial charge >= 0.3 is 0 Å². The molecule has 2 aromatic carbocycles. The maximum atomic E-state index is 12.1. The topological polar surface area (TPSA) is 98.0 Å². The zero-order valence-electron chi connectivity index (χ0n) is 14.1. The molecule has 1 amide bonds. The number of hydrogen-bond acceptors (Lipinski definition) is 6. The molecule has 7 nitrogen and oxygen atoms in total. The first-order chi connectivity index (χ1) is 13.4. The van der Waals surface area contributed by atoms with E-state index in [-0.39, 0.29) is 17.3 Å². The van der Waals surface area contributed by atoms with Gasteiger partial charge in [-0.1, -0.05) is 35.0 Å². The number of aromatic nitrogens is 2. The molecular formula is C18H12Cl2N4O3S. The van der Waals surface area contributed by atoms with Gasteiger partial charge in [-0.15, -0.1) is 10.2 Å². The Morgan fingerprint density at radius 1 is 1.07 bits per heavy atom. The largest absolute Gasteiger partial charge is 0.324 e. The monoisotopic (exact) mass is 434 g/mol. The Bertz CT molecular complexity index is 1010. The summed E-state index contributed by atoms with van der Waals surface area (Å²) in [6.45, 7) is 0. The summed E-state index contributed by atoms with van der Waals surface area (Å²) >= 11 is 13.1. The van der Waals surface area contributed by atoms with Crippen molar-refractivity contribution in [3.8, 4) is 11.3 Å². The number of carbonyl (C=O) groups is 1. The van der Waals surface area contributed by atoms with E-state index in [9.17, 15) is 14.9 Å². The summed E-state index contributed by atoms with van der Waals surface area (Å²) in [5.74, 6) is -0.135. The standard InChI is InChI=1S/C18H12Cl2N4O3S/c19-12-3-6-14(20)16(9-12)21-17(25)10-28-18-8-7-15(22-23-18)11-1-4-13(5-2-11)24(26)27/h1-9H,10H2,(H,21,25). The molecule has 0 atom stereocenters. The Labute approximate surface area is 174 Å². The lowest BCUT2D eigenvalue weighted by Gasteiger charge is -2.07. The molecule has 1 heterocycles. The number of anilines is 1. The van der Waals surface area contributed by atoms with Crippen LogP contribution in [0, 0.1) is 10.1 Å². The zero-order chi connectivity index (χ0) is 20.1. The van der Waals surface area contributed by atoms with Gasteiger partial charge in [0.1, 0.15) is 5.03 Å². The van der Waals surface area contributed by atoms with Gasteiger partial charge in [-0.2, -0.15) is 0 Å². The molecule has 1 aromatic heterocycles. The molecule has 0 aliphatic heterocycles. The Morgan fingerprint density at radius 3 is 2.46 bits per heavy atom. The number of non-ortho nitro benzene ring substituents is 1. The van der Waals surface area contributed by atoms with Gasteiger partial charge in [0.15, 0.2) is 0 Å². The molecule has 0 aliphatic carbocycles. The van der Waals surface area contributed by atoms with Crippen LogP contribution in [0.4, 0.5) is 11.4 Å². The lowest BCUT2D eigenvalue weighted by Crippen LogP contribution is -2.14. The van der Waals surface area contributed by atoms with Crippen molar-refractivity contribution < 1.29 is 9.72 Å². The number of nitro groups is 1. The highest BCUT2D eigenvalue weighted by atomic mass is 35.5. The van der Waals surface area contributed by atoms with Crippen LogP contribution < -0.4 is 5.32 Å². The summed E-state index contributed by atoms with van der Waals surface area (Å²) in [5, 5.41) is 23.0. The predicted molar refractivity (Wildman–Crippen MR) is 110 cm³/mol. The van der Waals surface area contributed by atoms with Crippen LogP contribution in [0.5, 0.6) is 0 Å². The second kappa shape index (κ2) is 9.01. The van der Waals surface area contributed by atoms with Crippen molar-refractivity contribution in [2.75, 3.05) is 11.1 Å². The molecule has 0 fully saturated rings. The van der Waals surface area contributed by atoms with E-state index in [0.29, 0.717) is 32.0 Å². The molecule has 28 heavy (non-hydrogen) atoms. The predicted octanol–water partition coefficient (Wildman–Crippen LogP) is 5.09. The number of thioether (sulfide) groups is 1. The number of carbonyl (C=O) groups excluding carboxylic acids is 1. The zero-order valence-corrected chi connectivity index (χ0v) is 16.5. The van der Waals surface area contributed by atoms with E-state index < -0.39 is 4.92 Å². The molecular weight excluding hydrogens is 423 g/mol. The van der Waals surface area contributed by atoms with Gasteiger partial charge in [-0.25, -0.2) is 0 Å². The molecule has 0 unspecified atom stereocenters. The fourth-order valence-electron chi connectivity index (χ4n) is 2.22. The second-order valence-corrected chi connectivity index (χ2v) is 7.36. The number of halogens is 2. The molecule has 1 N–H and O–H groups in total. The van der Waals surface area contributed by atoms with E-state index in [1.165, 1.54) is 23.9 Å². The molecule has 3 rings (SSSR count). The molecule has 0 aliphatic rings. The Kier molecular flexibility index (Phi) is 6.45. The van der Waals surface area contributed by atoms with Gasteiger partial charge in [-0.05, 0) is 42.5 Å². The lowest BCUT2D eigenvalue weighted by molar-refractivity contribution is -0.384. The number of benzene rings is 2. The SMILES string of the molecule is O=C(CSc1ccc(-c2ccc([N+](=O)[O-])cc2)nn1)Nc1cc(Cl)ccc1Cl. The van der Waals surface area contributed by atoms with Crippen LogP contribution in [0.15, 0.2) is 59.6 Å². The van der Waals surface area contributed by atoms with Crippen molar-refractivity contribution in [1.29, 1.82) is 0 Å². The highest BCUT2D eigenvalue weighted by Crippen LogP contribution is 2.26. The first kappa shape index (κ1) is 20.1. The number of nitrogens with one attached hydrogen (secondary N) is 1. The Morgan fingerprint density at radius 2 is 1.82 bits per heavy atom. The van der Waals surface area contributed by atoms with Crippen molar-refractivity contribution in [2.24, 2.45) is 0 Å². The Hall–Kier alpha value is -2.68. The Balaban J connectivity index is 1.59. The summed E-state index contributed by atoms with van der Waals surface area (Å²) in [5.41, 5.74) is 1.74. The van der Waals surface area contributed by atoms with E-state index in [0.717, 1.165) is 0 Å². The summed E-state index contributed by atoms with van der Waals surface area (Å²) in [6, 6.07) is 14.3. The van der Waals surface area contributed by atoms with Crippen LogP contribution >= 0.6 is 35.0 Å². The molecule has 0 spiro atoms. The fourth-order valence-corrected chi connectivity index (χ4v) is 3.17. The van der Waals surface area contributed by atoms with Crippen molar-refractivity contribution in [2.45, 2.75) is 5.03 Å². The van der Waals surface area contributed by atoms with Crippen LogP contribution in [0.2, 0.25) is 10.0 Å². The van der Waals surface area contributed by atoms with E-state index in [1.54, 1.807) is 42.5 Å². The van der Waals surface area contributed by atoms with Gasteiger partial charge in [-0.3, -0.25) is 14.9 Å². The van der Waals surface area contributed by atoms with Crippen molar-refractivity contribution >= 4 is 52.2 Å². The molecule has 3 aromatic rings. The fraction of sp³-hybridized carbons (Fsp3) is 0.0556. The first-order valence-electron chi connectivity index (χ1n) is 7.88. The quantitative estimate of drug-likeness (QED) is 0.329. The van der Waals surface area contributed by atoms with Crippen LogP contribution in [0.25, 0.3) is 11.3 Å². The van der Waals surface area contributed by atoms with Gasteiger partial charge < -0.3 is 5.32 Å². The summed E-state index contributed by atoms with van der Waals surface area (Å²) < 4.78 is 0. The van der Waals surface area contributed by atoms with E-state index >= 15 is 0 Å². The molecule has 0 saturated carbocycles. The van der Waals surface area contributed by atoms with E-state index in [2.05, 4.69) is 15.5 Å². The minimum absolute atomic E-state index is 0.00899. The number of rotatable bonds is 6. The van der Waals surface area contributed by atoms with Gasteiger partial charge in [0.2, 0.25) is 5.91 Å². The average molecular weight is 435 g/mol. The minimum Gasteiger partial charge on any atom is -0.324 e. The summed E-state index contributed by atoms with van der Waals surface area (Å²) in [7, 11) is 0. The van der Waals surface area contributed by atoms with Crippen LogP contribution in [-0.4, -0.2) is 26.8 Å². The highest BCUT2D eigenvalue weighted by molar-refractivity contribution is 7.99. The average Bonchev–Trinajstić information content (AvgIpc) is 2.70. The minimum atomic E-state index is -0.461. The third-order valence-electron chi connectivity index (χ3n) is 3.57. The van der Waals surface area contributed by atoms with E-state index in [1.807, 2.05) is 0 Å². The number of hydrogen-bond donors (Lipinski definition) is 1. The van der Waals surface area contributed by atoms with Crippen LogP contribution in [0.1, 0.15) is 0 Å². The molecule has 10 heteroatoms. The highest BCUT2D eigenvalue weighted by Gasteiger charge is 2.10. The second-order valence-electron chi connectivity index (χ2n) is 5.52. The summed E-state index contributed by atoms with van der Waals surface area (Å²) in [6.07, 6.45) is 0. The smallest absolute Gasteiger partial charge is 0.269 e. The maximum absolute atomic E-state index is 12.1. The van der Waals surface area contributed by atoms with Crippen molar-refractivity contribution in [3.05, 3.63) is 74.8 Å². The van der Waals surface area contributed by atoms with Crippen LogP contribution in [-0.2, 0) is 4.79 Å². The van der Waals surface area contributed by atoms with Crippen molar-refractivity contribution in [1.82, 2.24) is 10.2 Å². The third-order valence-corrected chi connectivity index (χ3v) is 5.05. The van der Waals surface area contributed by atoms with Crippen LogP contribution in [0.3, 0.4) is 0 Å².